The molecule has 2 rings (SSSR count). The Bertz CT molecular complexity index is 715. The molecule has 25 heavy (non-hydrogen) atoms. The Morgan fingerprint density at radius 3 is 2.32 bits per heavy atom. The van der Waals surface area contributed by atoms with E-state index in [1.165, 1.54) is 49.6 Å². The average Bonchev–Trinajstić information content (AvgIpc) is 2.59. The summed E-state index contributed by atoms with van der Waals surface area (Å²) in [4.78, 5) is 11.7. The molecule has 2 aromatic rings. The Hall–Kier alpha value is -2.63. The van der Waals surface area contributed by atoms with Gasteiger partial charge in [0.05, 0.1) is 18.8 Å². The molecule has 6 heteroatoms. The summed E-state index contributed by atoms with van der Waals surface area (Å²) in [5.41, 5.74) is 0.0245. The van der Waals surface area contributed by atoms with Crippen molar-refractivity contribution in [1.82, 2.24) is 0 Å². The van der Waals surface area contributed by atoms with Crippen molar-refractivity contribution in [3.05, 3.63) is 59.7 Å². The van der Waals surface area contributed by atoms with Crippen LogP contribution in [0, 0.1) is 0 Å². The lowest BCUT2D eigenvalue weighted by Gasteiger charge is -2.18. The maximum absolute atomic E-state index is 14.2. The van der Waals surface area contributed by atoms with Gasteiger partial charge in [-0.2, -0.15) is 8.78 Å². The van der Waals surface area contributed by atoms with Gasteiger partial charge in [0.25, 0.3) is 0 Å². The monoisotopic (exact) mass is 350 g/mol. The van der Waals surface area contributed by atoms with Crippen molar-refractivity contribution in [3.63, 3.8) is 0 Å². The summed E-state index contributed by atoms with van der Waals surface area (Å²) in [5, 5.41) is 0. The third-order valence-corrected chi connectivity index (χ3v) is 3.29. The first-order valence-electron chi connectivity index (χ1n) is 7.78. The van der Waals surface area contributed by atoms with E-state index in [2.05, 4.69) is 4.74 Å². The van der Waals surface area contributed by atoms with Gasteiger partial charge in [-0.1, -0.05) is 30.3 Å². The van der Waals surface area contributed by atoms with Crippen LogP contribution < -0.4 is 9.47 Å². The summed E-state index contributed by atoms with van der Waals surface area (Å²) in [6, 6.07) is 11.7. The van der Waals surface area contributed by atoms with Gasteiger partial charge >= 0.3 is 11.9 Å². The second-order valence-corrected chi connectivity index (χ2v) is 5.71. The van der Waals surface area contributed by atoms with E-state index in [9.17, 15) is 13.6 Å². The molecule has 0 N–H and O–H groups in total. The van der Waals surface area contributed by atoms with Crippen LogP contribution in [-0.4, -0.2) is 25.8 Å². The molecule has 0 heterocycles. The maximum Gasteiger partial charge on any atom is 0.338 e. The van der Waals surface area contributed by atoms with Crippen molar-refractivity contribution in [1.29, 1.82) is 0 Å². The number of esters is 1. The van der Waals surface area contributed by atoms with E-state index in [1.807, 2.05) is 13.8 Å². The van der Waals surface area contributed by atoms with Crippen molar-refractivity contribution in [2.45, 2.75) is 25.9 Å². The zero-order chi connectivity index (χ0) is 18.4. The van der Waals surface area contributed by atoms with Crippen LogP contribution in [0.3, 0.4) is 0 Å². The van der Waals surface area contributed by atoms with Crippen LogP contribution in [0.15, 0.2) is 48.5 Å². The van der Waals surface area contributed by atoms with Crippen LogP contribution in [0.1, 0.15) is 29.8 Å². The molecule has 0 aliphatic rings. The molecule has 0 unspecified atom stereocenters. The van der Waals surface area contributed by atoms with Crippen molar-refractivity contribution in [2.24, 2.45) is 0 Å². The van der Waals surface area contributed by atoms with Crippen LogP contribution in [-0.2, 0) is 10.7 Å². The normalized spacial score (nSPS) is 11.3. The lowest BCUT2D eigenvalue weighted by atomic mass is 10.1. The number of halogens is 2. The molecule has 4 nitrogen and oxygen atoms in total. The van der Waals surface area contributed by atoms with Gasteiger partial charge in [0, 0.05) is 11.6 Å². The number of carbonyl (C=O) groups excluding carboxylic acids is 1. The number of ether oxygens (including phenoxy) is 3. The largest absolute Gasteiger partial charge is 0.491 e. The number of alkyl halides is 2. The van der Waals surface area contributed by atoms with Gasteiger partial charge in [-0.05, 0) is 26.0 Å². The van der Waals surface area contributed by atoms with E-state index in [0.717, 1.165) is 0 Å². The molecule has 0 bridgehead atoms. The predicted molar refractivity (Wildman–Crippen MR) is 89.4 cm³/mol. The zero-order valence-corrected chi connectivity index (χ0v) is 14.3. The molecule has 0 aromatic heterocycles. The first kappa shape index (κ1) is 18.7. The summed E-state index contributed by atoms with van der Waals surface area (Å²) >= 11 is 0. The second-order valence-electron chi connectivity index (χ2n) is 5.71. The van der Waals surface area contributed by atoms with Gasteiger partial charge < -0.3 is 14.2 Å². The van der Waals surface area contributed by atoms with Gasteiger partial charge in [-0.3, -0.25) is 0 Å². The average molecular weight is 350 g/mol. The Balaban J connectivity index is 2.21. The van der Waals surface area contributed by atoms with Crippen LogP contribution in [0.5, 0.6) is 11.5 Å². The van der Waals surface area contributed by atoms with Crippen molar-refractivity contribution >= 4 is 5.97 Å². The van der Waals surface area contributed by atoms with Crippen molar-refractivity contribution < 1.29 is 27.8 Å². The minimum atomic E-state index is -3.17. The minimum absolute atomic E-state index is 0.106. The number of methoxy groups -OCH3 is 1. The van der Waals surface area contributed by atoms with E-state index in [-0.39, 0.29) is 23.0 Å². The fraction of sp³-hybridized carbons (Fsp3) is 0.316. The molecular formula is C19H20F2O4. The summed E-state index contributed by atoms with van der Waals surface area (Å²) in [5.74, 6) is -3.32. The summed E-state index contributed by atoms with van der Waals surface area (Å²) < 4.78 is 43.9. The highest BCUT2D eigenvalue weighted by molar-refractivity contribution is 5.90. The fourth-order valence-electron chi connectivity index (χ4n) is 2.17. The van der Waals surface area contributed by atoms with E-state index < -0.39 is 18.5 Å². The number of carbonyl (C=O) groups is 1. The molecule has 0 spiro atoms. The maximum atomic E-state index is 14.2. The van der Waals surface area contributed by atoms with Gasteiger partial charge in [0.1, 0.15) is 11.5 Å². The molecule has 2 aromatic carbocycles. The lowest BCUT2D eigenvalue weighted by molar-refractivity contribution is -0.0467. The van der Waals surface area contributed by atoms with Crippen molar-refractivity contribution in [2.75, 3.05) is 13.7 Å². The van der Waals surface area contributed by atoms with Crippen molar-refractivity contribution in [3.8, 4) is 11.5 Å². The first-order chi connectivity index (χ1) is 11.8. The summed E-state index contributed by atoms with van der Waals surface area (Å²) in [6.45, 7) is 2.77. The molecular weight excluding hydrogens is 330 g/mol. The Morgan fingerprint density at radius 1 is 1.08 bits per heavy atom. The molecule has 0 saturated carbocycles. The van der Waals surface area contributed by atoms with E-state index in [4.69, 9.17) is 9.47 Å². The van der Waals surface area contributed by atoms with Gasteiger partial charge in [-0.15, -0.1) is 0 Å². The third kappa shape index (κ3) is 5.17. The predicted octanol–water partition coefficient (Wildman–Crippen LogP) is 4.43. The molecule has 0 radical (unpaired) electrons. The summed E-state index contributed by atoms with van der Waals surface area (Å²) in [6.07, 6.45) is -0.147. The smallest absolute Gasteiger partial charge is 0.338 e. The van der Waals surface area contributed by atoms with Crippen LogP contribution >= 0.6 is 0 Å². The molecule has 0 atom stereocenters. The standard InChI is InChI=1S/C19H20F2O4/c1-13(2)25-17-10-14(18(22)23-3)9-16(11-17)24-12-19(20,21)15-7-5-4-6-8-15/h4-11,13H,12H2,1-3H3. The number of benzene rings is 2. The molecule has 0 aliphatic heterocycles. The Labute approximate surface area is 145 Å². The van der Waals surface area contributed by atoms with E-state index >= 15 is 0 Å². The van der Waals surface area contributed by atoms with Gasteiger partial charge in [0.2, 0.25) is 0 Å². The number of hydrogen-bond acceptors (Lipinski definition) is 4. The highest BCUT2D eigenvalue weighted by Gasteiger charge is 2.32. The lowest BCUT2D eigenvalue weighted by Crippen LogP contribution is -2.23. The second kappa shape index (κ2) is 7.96. The highest BCUT2D eigenvalue weighted by atomic mass is 19.3. The first-order valence-corrected chi connectivity index (χ1v) is 7.78. The van der Waals surface area contributed by atoms with E-state index in [1.54, 1.807) is 6.07 Å². The highest BCUT2D eigenvalue weighted by Crippen LogP contribution is 2.30. The summed E-state index contributed by atoms with van der Waals surface area (Å²) in [7, 11) is 1.24. The third-order valence-electron chi connectivity index (χ3n) is 3.29. The zero-order valence-electron chi connectivity index (χ0n) is 14.3. The molecule has 0 fully saturated rings. The quantitative estimate of drug-likeness (QED) is 0.693. The fourth-order valence-corrected chi connectivity index (χ4v) is 2.17. The molecule has 0 saturated heterocycles. The molecule has 0 amide bonds. The number of hydrogen-bond donors (Lipinski definition) is 0. The Kier molecular flexibility index (Phi) is 5.96. The van der Waals surface area contributed by atoms with Crippen LogP contribution in [0.4, 0.5) is 8.78 Å². The SMILES string of the molecule is COC(=O)c1cc(OCC(F)(F)c2ccccc2)cc(OC(C)C)c1. The van der Waals surface area contributed by atoms with E-state index in [0.29, 0.717) is 5.75 Å². The molecule has 134 valence electrons. The minimum Gasteiger partial charge on any atom is -0.491 e. The van der Waals surface area contributed by atoms with Crippen LogP contribution in [0.25, 0.3) is 0 Å². The molecule has 0 aliphatic carbocycles. The van der Waals surface area contributed by atoms with Gasteiger partial charge in [0.15, 0.2) is 6.61 Å². The van der Waals surface area contributed by atoms with Crippen LogP contribution in [0.2, 0.25) is 0 Å². The van der Waals surface area contributed by atoms with Gasteiger partial charge in [-0.25, -0.2) is 4.79 Å². The topological polar surface area (TPSA) is 44.8 Å². The Morgan fingerprint density at radius 2 is 1.72 bits per heavy atom. The number of rotatable bonds is 7.